The molecule has 0 aliphatic heterocycles. The fourth-order valence-electron chi connectivity index (χ4n) is 2.93. The molecular weight excluding hydrogens is 376 g/mol. The average molecular weight is 402 g/mol. The molecule has 8 heteroatoms. The molecular formula is C21H26N2O6. The molecule has 156 valence electrons. The summed E-state index contributed by atoms with van der Waals surface area (Å²) in [6.07, 6.45) is -0.566. The number of amides is 1. The Bertz CT molecular complexity index is 931. The third-order valence-electron chi connectivity index (χ3n) is 4.54. The van der Waals surface area contributed by atoms with E-state index in [1.165, 1.54) is 21.1 Å². The van der Waals surface area contributed by atoms with Crippen LogP contribution in [-0.2, 0) is 20.7 Å². The number of rotatable bonds is 7. The van der Waals surface area contributed by atoms with Crippen molar-refractivity contribution in [3.05, 3.63) is 46.3 Å². The van der Waals surface area contributed by atoms with Crippen LogP contribution in [0.2, 0.25) is 0 Å². The zero-order chi connectivity index (χ0) is 21.7. The highest BCUT2D eigenvalue weighted by atomic mass is 16.5. The third-order valence-corrected chi connectivity index (χ3v) is 4.54. The molecule has 2 aromatic rings. The number of aromatic amines is 1. The average Bonchev–Trinajstić information content (AvgIpc) is 3.03. The summed E-state index contributed by atoms with van der Waals surface area (Å²) in [7, 11) is 2.78. The lowest BCUT2D eigenvalue weighted by Gasteiger charge is -2.15. The molecule has 1 atom stereocenters. The highest BCUT2D eigenvalue weighted by molar-refractivity contribution is 6.01. The van der Waals surface area contributed by atoms with Crippen molar-refractivity contribution in [2.45, 2.75) is 40.2 Å². The molecule has 0 aliphatic rings. The molecule has 0 fully saturated rings. The van der Waals surface area contributed by atoms with Crippen LogP contribution >= 0.6 is 0 Å². The summed E-state index contributed by atoms with van der Waals surface area (Å²) in [5.74, 6) is -1.27. The van der Waals surface area contributed by atoms with Crippen molar-refractivity contribution in [1.29, 1.82) is 0 Å². The van der Waals surface area contributed by atoms with Gasteiger partial charge in [-0.2, -0.15) is 0 Å². The lowest BCUT2D eigenvalue weighted by Crippen LogP contribution is -2.30. The maximum absolute atomic E-state index is 12.6. The lowest BCUT2D eigenvalue weighted by molar-refractivity contribution is -0.123. The van der Waals surface area contributed by atoms with Crippen LogP contribution in [0.15, 0.2) is 18.2 Å². The van der Waals surface area contributed by atoms with Gasteiger partial charge in [0.25, 0.3) is 5.91 Å². The third kappa shape index (κ3) is 4.77. The number of benzene rings is 1. The van der Waals surface area contributed by atoms with Crippen molar-refractivity contribution < 1.29 is 28.6 Å². The quantitative estimate of drug-likeness (QED) is 0.689. The first-order chi connectivity index (χ1) is 13.7. The Labute approximate surface area is 169 Å². The van der Waals surface area contributed by atoms with Crippen LogP contribution in [0.4, 0.5) is 5.69 Å². The van der Waals surface area contributed by atoms with Gasteiger partial charge in [0.2, 0.25) is 0 Å². The Morgan fingerprint density at radius 2 is 1.83 bits per heavy atom. The number of carbonyl (C=O) groups excluding carboxylic acids is 3. The second kappa shape index (κ2) is 9.27. The summed E-state index contributed by atoms with van der Waals surface area (Å²) < 4.78 is 15.3. The molecule has 0 radical (unpaired) electrons. The summed E-state index contributed by atoms with van der Waals surface area (Å²) in [5.41, 5.74) is 2.85. The van der Waals surface area contributed by atoms with Crippen LogP contribution in [0.3, 0.4) is 0 Å². The van der Waals surface area contributed by atoms with Crippen molar-refractivity contribution in [3.63, 3.8) is 0 Å². The number of anilines is 1. The van der Waals surface area contributed by atoms with Gasteiger partial charge >= 0.3 is 11.9 Å². The van der Waals surface area contributed by atoms with Gasteiger partial charge < -0.3 is 24.5 Å². The summed E-state index contributed by atoms with van der Waals surface area (Å²) in [4.78, 5) is 40.0. The standard InChI is InChI=1S/C21H26N2O6/c1-7-14-17(20(25)28-6)12(3)18(22-14)21(26)29-13(4)19(24)23-15-10-11(2)8-9-16(15)27-5/h8-10,13,22H,7H2,1-6H3,(H,23,24). The van der Waals surface area contributed by atoms with E-state index in [2.05, 4.69) is 10.3 Å². The molecule has 0 saturated carbocycles. The maximum atomic E-state index is 12.6. The molecule has 0 saturated heterocycles. The largest absolute Gasteiger partial charge is 0.495 e. The van der Waals surface area contributed by atoms with Gasteiger partial charge in [0, 0.05) is 5.69 Å². The van der Waals surface area contributed by atoms with Gasteiger partial charge in [-0.25, -0.2) is 9.59 Å². The van der Waals surface area contributed by atoms with E-state index in [-0.39, 0.29) is 5.69 Å². The number of H-pyrrole nitrogens is 1. The Morgan fingerprint density at radius 3 is 2.41 bits per heavy atom. The first-order valence-electron chi connectivity index (χ1n) is 9.19. The monoisotopic (exact) mass is 402 g/mol. The van der Waals surface area contributed by atoms with Crippen molar-refractivity contribution in [1.82, 2.24) is 4.98 Å². The summed E-state index contributed by atoms with van der Waals surface area (Å²) in [5, 5.41) is 2.70. The highest BCUT2D eigenvalue weighted by Crippen LogP contribution is 2.26. The number of carbonyl (C=O) groups is 3. The van der Waals surface area contributed by atoms with Crippen LogP contribution < -0.4 is 10.1 Å². The second-order valence-electron chi connectivity index (χ2n) is 6.56. The summed E-state index contributed by atoms with van der Waals surface area (Å²) in [6, 6.07) is 5.36. The number of aryl methyl sites for hydroxylation is 2. The smallest absolute Gasteiger partial charge is 0.355 e. The van der Waals surface area contributed by atoms with E-state index >= 15 is 0 Å². The van der Waals surface area contributed by atoms with Crippen molar-refractivity contribution in [2.24, 2.45) is 0 Å². The zero-order valence-corrected chi connectivity index (χ0v) is 17.5. The van der Waals surface area contributed by atoms with E-state index < -0.39 is 23.9 Å². The van der Waals surface area contributed by atoms with Crippen LogP contribution in [-0.4, -0.2) is 43.2 Å². The summed E-state index contributed by atoms with van der Waals surface area (Å²) >= 11 is 0. The number of ether oxygens (including phenoxy) is 3. The van der Waals surface area contributed by atoms with Crippen molar-refractivity contribution in [3.8, 4) is 5.75 Å². The van der Waals surface area contributed by atoms with Gasteiger partial charge in [-0.05, 0) is 50.5 Å². The normalized spacial score (nSPS) is 11.5. The molecule has 1 aromatic heterocycles. The molecule has 1 amide bonds. The SMILES string of the molecule is CCc1[nH]c(C(=O)OC(C)C(=O)Nc2cc(C)ccc2OC)c(C)c1C(=O)OC. The van der Waals surface area contributed by atoms with Gasteiger partial charge in [0.1, 0.15) is 11.4 Å². The zero-order valence-electron chi connectivity index (χ0n) is 17.5. The topological polar surface area (TPSA) is 107 Å². The number of esters is 2. The van der Waals surface area contributed by atoms with Crippen molar-refractivity contribution in [2.75, 3.05) is 19.5 Å². The molecule has 0 aliphatic carbocycles. The Balaban J connectivity index is 2.17. The van der Waals surface area contributed by atoms with Crippen LogP contribution in [0.5, 0.6) is 5.75 Å². The molecule has 0 bridgehead atoms. The first-order valence-corrected chi connectivity index (χ1v) is 9.19. The van der Waals surface area contributed by atoms with Crippen LogP contribution in [0.1, 0.15) is 51.5 Å². The van der Waals surface area contributed by atoms with Gasteiger partial charge in [-0.1, -0.05) is 13.0 Å². The minimum Gasteiger partial charge on any atom is -0.495 e. The van der Waals surface area contributed by atoms with Crippen LogP contribution in [0, 0.1) is 13.8 Å². The van der Waals surface area contributed by atoms with E-state index in [1.807, 2.05) is 19.9 Å². The van der Waals surface area contributed by atoms with Crippen molar-refractivity contribution >= 4 is 23.5 Å². The van der Waals surface area contributed by atoms with E-state index in [0.29, 0.717) is 34.7 Å². The maximum Gasteiger partial charge on any atom is 0.355 e. The minimum atomic E-state index is -1.07. The fraction of sp³-hybridized carbons (Fsp3) is 0.381. The molecule has 8 nitrogen and oxygen atoms in total. The van der Waals surface area contributed by atoms with Gasteiger partial charge in [0.15, 0.2) is 6.10 Å². The predicted molar refractivity (Wildman–Crippen MR) is 107 cm³/mol. The van der Waals surface area contributed by atoms with E-state index in [0.717, 1.165) is 5.56 Å². The molecule has 1 aromatic carbocycles. The van der Waals surface area contributed by atoms with Gasteiger partial charge in [-0.3, -0.25) is 4.79 Å². The Kier molecular flexibility index (Phi) is 7.03. The fourth-order valence-corrected chi connectivity index (χ4v) is 2.93. The minimum absolute atomic E-state index is 0.120. The molecule has 2 N–H and O–H groups in total. The van der Waals surface area contributed by atoms with E-state index in [1.54, 1.807) is 19.1 Å². The Hall–Kier alpha value is -3.29. The van der Waals surface area contributed by atoms with E-state index in [4.69, 9.17) is 14.2 Å². The molecule has 29 heavy (non-hydrogen) atoms. The first kappa shape index (κ1) is 22.0. The number of hydrogen-bond acceptors (Lipinski definition) is 6. The number of nitrogens with one attached hydrogen (secondary N) is 2. The predicted octanol–water partition coefficient (Wildman–Crippen LogP) is 3.17. The number of methoxy groups -OCH3 is 2. The Morgan fingerprint density at radius 1 is 1.14 bits per heavy atom. The number of hydrogen-bond donors (Lipinski definition) is 2. The molecule has 2 rings (SSSR count). The molecule has 1 heterocycles. The van der Waals surface area contributed by atoms with Crippen LogP contribution in [0.25, 0.3) is 0 Å². The van der Waals surface area contributed by atoms with Gasteiger partial charge in [0.05, 0.1) is 25.5 Å². The lowest BCUT2D eigenvalue weighted by atomic mass is 10.1. The molecule has 1 unspecified atom stereocenters. The second-order valence-corrected chi connectivity index (χ2v) is 6.56. The molecule has 0 spiro atoms. The highest BCUT2D eigenvalue weighted by Gasteiger charge is 2.27. The number of aromatic nitrogens is 1. The summed E-state index contributed by atoms with van der Waals surface area (Å²) in [6.45, 7) is 6.82. The van der Waals surface area contributed by atoms with Gasteiger partial charge in [-0.15, -0.1) is 0 Å². The van der Waals surface area contributed by atoms with E-state index in [9.17, 15) is 14.4 Å².